The van der Waals surface area contributed by atoms with Crippen LogP contribution in [0.15, 0.2) is 12.7 Å². The molecule has 0 radical (unpaired) electrons. The minimum atomic E-state index is -0.0272. The molecule has 1 aliphatic carbocycles. The Hall–Kier alpha value is -0.340. The summed E-state index contributed by atoms with van der Waals surface area (Å²) in [4.78, 5) is 0. The summed E-state index contributed by atoms with van der Waals surface area (Å²) < 4.78 is 0. The highest BCUT2D eigenvalue weighted by atomic mass is 16.3. The van der Waals surface area contributed by atoms with E-state index in [9.17, 15) is 5.11 Å². The van der Waals surface area contributed by atoms with Gasteiger partial charge in [0, 0.05) is 6.54 Å². The van der Waals surface area contributed by atoms with E-state index in [0.717, 1.165) is 31.8 Å². The molecule has 0 saturated heterocycles. The van der Waals surface area contributed by atoms with E-state index in [0.29, 0.717) is 0 Å². The summed E-state index contributed by atoms with van der Waals surface area (Å²) in [6.45, 7) is 5.64. The molecule has 70 valence electrons. The van der Waals surface area contributed by atoms with Gasteiger partial charge in [0.05, 0.1) is 6.10 Å². The van der Waals surface area contributed by atoms with Gasteiger partial charge in [0.2, 0.25) is 0 Å². The van der Waals surface area contributed by atoms with Crippen molar-refractivity contribution < 1.29 is 5.11 Å². The molecular formula is C10H19NO. The Bertz CT molecular complexity index is 128. The SMILES string of the molecule is C=CCNCC1CCC(O)CC1. The summed E-state index contributed by atoms with van der Waals surface area (Å²) in [6, 6.07) is 0. The molecular weight excluding hydrogens is 150 g/mol. The molecule has 1 fully saturated rings. The smallest absolute Gasteiger partial charge is 0.0540 e. The molecule has 1 aliphatic rings. The lowest BCUT2D eigenvalue weighted by atomic mass is 9.87. The van der Waals surface area contributed by atoms with Crippen molar-refractivity contribution in [3.63, 3.8) is 0 Å². The lowest BCUT2D eigenvalue weighted by Crippen LogP contribution is -2.27. The fourth-order valence-electron chi connectivity index (χ4n) is 1.74. The Labute approximate surface area is 74.7 Å². The van der Waals surface area contributed by atoms with E-state index in [1.54, 1.807) is 0 Å². The van der Waals surface area contributed by atoms with Gasteiger partial charge in [-0.05, 0) is 38.1 Å². The molecule has 2 N–H and O–H groups in total. The number of aliphatic hydroxyl groups is 1. The molecule has 0 spiro atoms. The Morgan fingerprint density at radius 3 is 2.58 bits per heavy atom. The van der Waals surface area contributed by atoms with E-state index in [-0.39, 0.29) is 6.10 Å². The van der Waals surface area contributed by atoms with Gasteiger partial charge in [0.15, 0.2) is 0 Å². The number of rotatable bonds is 4. The topological polar surface area (TPSA) is 32.3 Å². The maximum Gasteiger partial charge on any atom is 0.0540 e. The van der Waals surface area contributed by atoms with Crippen LogP contribution in [0.5, 0.6) is 0 Å². The second-order valence-corrected chi connectivity index (χ2v) is 3.62. The minimum Gasteiger partial charge on any atom is -0.393 e. The number of aliphatic hydroxyl groups excluding tert-OH is 1. The van der Waals surface area contributed by atoms with Crippen LogP contribution in [0.3, 0.4) is 0 Å². The van der Waals surface area contributed by atoms with Gasteiger partial charge in [-0.3, -0.25) is 0 Å². The van der Waals surface area contributed by atoms with Crippen molar-refractivity contribution in [2.75, 3.05) is 13.1 Å². The second kappa shape index (κ2) is 5.33. The number of nitrogens with one attached hydrogen (secondary N) is 1. The summed E-state index contributed by atoms with van der Waals surface area (Å²) in [5.74, 6) is 0.772. The minimum absolute atomic E-state index is 0.0272. The van der Waals surface area contributed by atoms with Crippen LogP contribution in [0, 0.1) is 5.92 Å². The standard InChI is InChI=1S/C10H19NO/c1-2-7-11-8-9-3-5-10(12)6-4-9/h2,9-12H,1,3-8H2. The maximum absolute atomic E-state index is 9.26. The highest BCUT2D eigenvalue weighted by Gasteiger charge is 2.18. The molecule has 12 heavy (non-hydrogen) atoms. The predicted octanol–water partition coefficient (Wildman–Crippen LogP) is 1.31. The highest BCUT2D eigenvalue weighted by Crippen LogP contribution is 2.23. The molecule has 1 rings (SSSR count). The normalized spacial score (nSPS) is 30.1. The van der Waals surface area contributed by atoms with Gasteiger partial charge in [-0.15, -0.1) is 6.58 Å². The first-order valence-corrected chi connectivity index (χ1v) is 4.82. The Morgan fingerprint density at radius 2 is 2.00 bits per heavy atom. The first-order valence-electron chi connectivity index (χ1n) is 4.82. The molecule has 2 heteroatoms. The van der Waals surface area contributed by atoms with E-state index < -0.39 is 0 Å². The summed E-state index contributed by atoms with van der Waals surface area (Å²) >= 11 is 0. The maximum atomic E-state index is 9.26. The monoisotopic (exact) mass is 169 g/mol. The zero-order valence-corrected chi connectivity index (χ0v) is 7.63. The lowest BCUT2D eigenvalue weighted by molar-refractivity contribution is 0.108. The zero-order valence-electron chi connectivity index (χ0n) is 7.63. The second-order valence-electron chi connectivity index (χ2n) is 3.62. The van der Waals surface area contributed by atoms with Crippen LogP contribution in [-0.4, -0.2) is 24.3 Å². The van der Waals surface area contributed by atoms with Gasteiger partial charge < -0.3 is 10.4 Å². The van der Waals surface area contributed by atoms with Crippen LogP contribution in [0.1, 0.15) is 25.7 Å². The van der Waals surface area contributed by atoms with E-state index in [4.69, 9.17) is 0 Å². The molecule has 0 aromatic carbocycles. The van der Waals surface area contributed by atoms with E-state index >= 15 is 0 Å². The largest absolute Gasteiger partial charge is 0.393 e. The van der Waals surface area contributed by atoms with Gasteiger partial charge in [0.1, 0.15) is 0 Å². The van der Waals surface area contributed by atoms with Crippen molar-refractivity contribution in [2.45, 2.75) is 31.8 Å². The van der Waals surface area contributed by atoms with Crippen molar-refractivity contribution in [1.82, 2.24) is 5.32 Å². The van der Waals surface area contributed by atoms with E-state index in [1.165, 1.54) is 12.8 Å². The summed E-state index contributed by atoms with van der Waals surface area (Å²) in [7, 11) is 0. The third-order valence-corrected chi connectivity index (χ3v) is 2.54. The third kappa shape index (κ3) is 3.37. The summed E-state index contributed by atoms with van der Waals surface area (Å²) in [6.07, 6.45) is 6.18. The third-order valence-electron chi connectivity index (χ3n) is 2.54. The van der Waals surface area contributed by atoms with Gasteiger partial charge >= 0.3 is 0 Å². The van der Waals surface area contributed by atoms with Crippen molar-refractivity contribution >= 4 is 0 Å². The van der Waals surface area contributed by atoms with Crippen LogP contribution >= 0.6 is 0 Å². The molecule has 0 aliphatic heterocycles. The van der Waals surface area contributed by atoms with Crippen molar-refractivity contribution in [1.29, 1.82) is 0 Å². The van der Waals surface area contributed by atoms with Crippen LogP contribution in [0.2, 0.25) is 0 Å². The fraction of sp³-hybridized carbons (Fsp3) is 0.800. The molecule has 0 unspecified atom stereocenters. The number of hydrogen-bond acceptors (Lipinski definition) is 2. The Kier molecular flexibility index (Phi) is 4.33. The van der Waals surface area contributed by atoms with Gasteiger partial charge in [0.25, 0.3) is 0 Å². The van der Waals surface area contributed by atoms with E-state index in [2.05, 4.69) is 11.9 Å². The van der Waals surface area contributed by atoms with E-state index in [1.807, 2.05) is 6.08 Å². The van der Waals surface area contributed by atoms with Crippen molar-refractivity contribution in [2.24, 2.45) is 5.92 Å². The molecule has 0 heterocycles. The average Bonchev–Trinajstić information content (AvgIpc) is 2.09. The quantitative estimate of drug-likeness (QED) is 0.491. The van der Waals surface area contributed by atoms with Crippen LogP contribution < -0.4 is 5.32 Å². The Morgan fingerprint density at radius 1 is 1.33 bits per heavy atom. The zero-order chi connectivity index (χ0) is 8.81. The van der Waals surface area contributed by atoms with Crippen LogP contribution in [0.25, 0.3) is 0 Å². The van der Waals surface area contributed by atoms with Gasteiger partial charge in [-0.25, -0.2) is 0 Å². The number of hydrogen-bond donors (Lipinski definition) is 2. The first kappa shape index (κ1) is 9.75. The van der Waals surface area contributed by atoms with Crippen LogP contribution in [0.4, 0.5) is 0 Å². The molecule has 0 bridgehead atoms. The Balaban J connectivity index is 2.05. The van der Waals surface area contributed by atoms with Crippen molar-refractivity contribution in [3.8, 4) is 0 Å². The molecule has 0 aromatic heterocycles. The molecule has 0 atom stereocenters. The summed E-state index contributed by atoms with van der Waals surface area (Å²) in [5, 5.41) is 12.6. The van der Waals surface area contributed by atoms with Gasteiger partial charge in [-0.2, -0.15) is 0 Å². The predicted molar refractivity (Wildman–Crippen MR) is 51.0 cm³/mol. The van der Waals surface area contributed by atoms with Crippen LogP contribution in [-0.2, 0) is 0 Å². The molecule has 0 aromatic rings. The van der Waals surface area contributed by atoms with Crippen molar-refractivity contribution in [3.05, 3.63) is 12.7 Å². The highest BCUT2D eigenvalue weighted by molar-refractivity contribution is 4.75. The lowest BCUT2D eigenvalue weighted by Gasteiger charge is -2.25. The fourth-order valence-corrected chi connectivity index (χ4v) is 1.74. The molecule has 2 nitrogen and oxygen atoms in total. The molecule has 1 saturated carbocycles. The summed E-state index contributed by atoms with van der Waals surface area (Å²) in [5.41, 5.74) is 0. The van der Waals surface area contributed by atoms with Gasteiger partial charge in [-0.1, -0.05) is 6.08 Å². The average molecular weight is 169 g/mol. The molecule has 0 amide bonds. The first-order chi connectivity index (χ1) is 5.83.